The van der Waals surface area contributed by atoms with Gasteiger partial charge in [0.1, 0.15) is 12.4 Å². The van der Waals surface area contributed by atoms with Crippen molar-refractivity contribution < 1.29 is 32.2 Å². The van der Waals surface area contributed by atoms with E-state index in [-0.39, 0.29) is 12.4 Å². The summed E-state index contributed by atoms with van der Waals surface area (Å²) in [5, 5.41) is 2.61. The minimum Gasteiger partial charge on any atom is -0.493 e. The molecular formula is C18H14F3NO4. The molecule has 1 N–H and O–H groups in total. The second-order valence-electron chi connectivity index (χ2n) is 5.36. The number of anilines is 1. The highest BCUT2D eigenvalue weighted by atomic mass is 19.4. The number of carbonyl (C=O) groups is 1. The van der Waals surface area contributed by atoms with Gasteiger partial charge in [0.25, 0.3) is 5.91 Å². The number of nitrogens with one attached hydrogen (secondary N) is 1. The molecule has 0 fully saturated rings. The number of fused-ring (bicyclic) bond motifs is 1. The van der Waals surface area contributed by atoms with Crippen molar-refractivity contribution in [2.45, 2.75) is 6.36 Å². The van der Waals surface area contributed by atoms with E-state index in [9.17, 15) is 18.0 Å². The van der Waals surface area contributed by atoms with E-state index in [1.807, 2.05) is 0 Å². The van der Waals surface area contributed by atoms with Gasteiger partial charge in [-0.1, -0.05) is 12.1 Å². The van der Waals surface area contributed by atoms with Crippen LogP contribution in [0.25, 0.3) is 6.08 Å². The molecule has 1 aliphatic heterocycles. The number of halogens is 3. The Morgan fingerprint density at radius 3 is 2.54 bits per heavy atom. The van der Waals surface area contributed by atoms with Crippen LogP contribution in [0, 0.1) is 0 Å². The average molecular weight is 365 g/mol. The van der Waals surface area contributed by atoms with Gasteiger partial charge in [-0.25, -0.2) is 0 Å². The van der Waals surface area contributed by atoms with Gasteiger partial charge in [0, 0.05) is 11.3 Å². The van der Waals surface area contributed by atoms with Crippen LogP contribution in [-0.4, -0.2) is 26.0 Å². The highest BCUT2D eigenvalue weighted by molar-refractivity contribution is 6.07. The van der Waals surface area contributed by atoms with Crippen molar-refractivity contribution in [1.29, 1.82) is 0 Å². The third kappa shape index (κ3) is 4.08. The molecule has 1 amide bonds. The molecule has 0 saturated carbocycles. The van der Waals surface area contributed by atoms with E-state index < -0.39 is 12.3 Å². The summed E-state index contributed by atoms with van der Waals surface area (Å²) in [4.78, 5) is 12.3. The molecule has 1 aliphatic rings. The Labute approximate surface area is 147 Å². The summed E-state index contributed by atoms with van der Waals surface area (Å²) in [5.74, 6) is 0.346. The zero-order chi connectivity index (χ0) is 18.7. The zero-order valence-electron chi connectivity index (χ0n) is 13.6. The molecule has 2 aromatic rings. The van der Waals surface area contributed by atoms with Crippen LogP contribution < -0.4 is 19.5 Å². The highest BCUT2D eigenvalue weighted by Crippen LogP contribution is 2.35. The molecule has 8 heteroatoms. The predicted octanol–water partition coefficient (Wildman–Crippen LogP) is 4.01. The molecule has 26 heavy (non-hydrogen) atoms. The standard InChI is InChI=1S/C18H14F3NO4/c1-24-15-4-2-3-11-9-12(10-25-16(11)15)17(23)22-13-5-7-14(8-6-13)26-18(19,20)21/h2-9H,10H2,1H3,(H,22,23). The molecule has 1 heterocycles. The van der Waals surface area contributed by atoms with Crippen molar-refractivity contribution in [2.75, 3.05) is 19.0 Å². The number of ether oxygens (including phenoxy) is 3. The minimum atomic E-state index is -4.76. The summed E-state index contributed by atoms with van der Waals surface area (Å²) in [6.45, 7) is 0.0501. The van der Waals surface area contributed by atoms with Crippen molar-refractivity contribution in [2.24, 2.45) is 0 Å². The maximum absolute atomic E-state index is 12.3. The first-order valence-electron chi connectivity index (χ1n) is 7.53. The monoisotopic (exact) mass is 365 g/mol. The van der Waals surface area contributed by atoms with Gasteiger partial charge in [0.15, 0.2) is 11.5 Å². The molecule has 0 unspecified atom stereocenters. The number of hydrogen-bond acceptors (Lipinski definition) is 4. The van der Waals surface area contributed by atoms with E-state index in [0.717, 1.165) is 12.1 Å². The first-order valence-corrected chi connectivity index (χ1v) is 7.53. The van der Waals surface area contributed by atoms with Gasteiger partial charge in [-0.05, 0) is 36.4 Å². The van der Waals surface area contributed by atoms with Crippen molar-refractivity contribution in [3.8, 4) is 17.2 Å². The van der Waals surface area contributed by atoms with Crippen LogP contribution in [0.4, 0.5) is 18.9 Å². The molecular weight excluding hydrogens is 351 g/mol. The Hall–Kier alpha value is -3.16. The van der Waals surface area contributed by atoms with Gasteiger partial charge < -0.3 is 19.5 Å². The van der Waals surface area contributed by atoms with Crippen LogP contribution in [0.2, 0.25) is 0 Å². The molecule has 2 aromatic carbocycles. The lowest BCUT2D eigenvalue weighted by molar-refractivity contribution is -0.274. The summed E-state index contributed by atoms with van der Waals surface area (Å²) in [7, 11) is 1.52. The van der Waals surface area contributed by atoms with Crippen molar-refractivity contribution >= 4 is 17.7 Å². The van der Waals surface area contributed by atoms with Crippen LogP contribution in [0.15, 0.2) is 48.0 Å². The molecule has 0 aromatic heterocycles. The first-order chi connectivity index (χ1) is 12.4. The molecule has 0 aliphatic carbocycles. The lowest BCUT2D eigenvalue weighted by Gasteiger charge is -2.19. The Morgan fingerprint density at radius 2 is 1.88 bits per heavy atom. The van der Waals surface area contributed by atoms with E-state index >= 15 is 0 Å². The lowest BCUT2D eigenvalue weighted by Crippen LogP contribution is -2.21. The fourth-order valence-corrected chi connectivity index (χ4v) is 2.42. The van der Waals surface area contributed by atoms with Gasteiger partial charge in [-0.15, -0.1) is 13.2 Å². The normalized spacial score (nSPS) is 13.2. The van der Waals surface area contributed by atoms with Crippen LogP contribution in [0.1, 0.15) is 5.56 Å². The van der Waals surface area contributed by atoms with Crippen LogP contribution in [-0.2, 0) is 4.79 Å². The van der Waals surface area contributed by atoms with Gasteiger partial charge in [-0.2, -0.15) is 0 Å². The quantitative estimate of drug-likeness (QED) is 0.890. The number of benzene rings is 2. The topological polar surface area (TPSA) is 56.8 Å². The van der Waals surface area contributed by atoms with Crippen molar-refractivity contribution in [3.05, 3.63) is 53.6 Å². The predicted molar refractivity (Wildman–Crippen MR) is 88.2 cm³/mol. The maximum atomic E-state index is 12.3. The van der Waals surface area contributed by atoms with Crippen LogP contribution in [0.5, 0.6) is 17.2 Å². The largest absolute Gasteiger partial charge is 0.573 e. The number of para-hydroxylation sites is 1. The van der Waals surface area contributed by atoms with Crippen LogP contribution >= 0.6 is 0 Å². The second-order valence-corrected chi connectivity index (χ2v) is 5.36. The van der Waals surface area contributed by atoms with Gasteiger partial charge in [0.05, 0.1) is 12.7 Å². The maximum Gasteiger partial charge on any atom is 0.573 e. The summed E-state index contributed by atoms with van der Waals surface area (Å²) in [6, 6.07) is 10.2. The molecule has 3 rings (SSSR count). The summed E-state index contributed by atoms with van der Waals surface area (Å²) in [5.41, 5.74) is 1.41. The van der Waals surface area contributed by atoms with E-state index in [2.05, 4.69) is 10.1 Å². The highest BCUT2D eigenvalue weighted by Gasteiger charge is 2.31. The van der Waals surface area contributed by atoms with E-state index in [4.69, 9.17) is 9.47 Å². The van der Waals surface area contributed by atoms with E-state index in [1.54, 1.807) is 24.3 Å². The fraction of sp³-hybridized carbons (Fsp3) is 0.167. The summed E-state index contributed by atoms with van der Waals surface area (Å²) >= 11 is 0. The Kier molecular flexibility index (Phi) is 4.75. The third-order valence-corrected chi connectivity index (χ3v) is 3.57. The molecule has 136 valence electrons. The molecule has 0 saturated heterocycles. The minimum absolute atomic E-state index is 0.0501. The number of alkyl halides is 3. The van der Waals surface area contributed by atoms with Crippen LogP contribution in [0.3, 0.4) is 0 Å². The Bertz CT molecular complexity index is 845. The number of carbonyl (C=O) groups excluding carboxylic acids is 1. The Morgan fingerprint density at radius 1 is 1.15 bits per heavy atom. The first kappa shape index (κ1) is 17.7. The van der Waals surface area contributed by atoms with Crippen molar-refractivity contribution in [1.82, 2.24) is 0 Å². The number of methoxy groups -OCH3 is 1. The molecule has 0 atom stereocenters. The zero-order valence-corrected chi connectivity index (χ0v) is 13.6. The van der Waals surface area contributed by atoms with Gasteiger partial charge in [-0.3, -0.25) is 4.79 Å². The van der Waals surface area contributed by atoms with E-state index in [0.29, 0.717) is 28.3 Å². The average Bonchev–Trinajstić information content (AvgIpc) is 2.61. The Balaban J connectivity index is 1.71. The van der Waals surface area contributed by atoms with Gasteiger partial charge >= 0.3 is 6.36 Å². The van der Waals surface area contributed by atoms with Gasteiger partial charge in [0.2, 0.25) is 0 Å². The fourth-order valence-electron chi connectivity index (χ4n) is 2.42. The number of amides is 1. The van der Waals surface area contributed by atoms with Crippen molar-refractivity contribution in [3.63, 3.8) is 0 Å². The number of hydrogen-bond donors (Lipinski definition) is 1. The lowest BCUT2D eigenvalue weighted by atomic mass is 10.1. The molecule has 0 spiro atoms. The molecule has 0 radical (unpaired) electrons. The van der Waals surface area contributed by atoms with E-state index in [1.165, 1.54) is 19.2 Å². The molecule has 0 bridgehead atoms. The summed E-state index contributed by atoms with van der Waals surface area (Å²) in [6.07, 6.45) is -3.08. The third-order valence-electron chi connectivity index (χ3n) is 3.57. The number of rotatable bonds is 4. The molecule has 5 nitrogen and oxygen atoms in total. The smallest absolute Gasteiger partial charge is 0.493 e. The summed E-state index contributed by atoms with van der Waals surface area (Å²) < 4.78 is 51.0. The second kappa shape index (κ2) is 6.99. The SMILES string of the molecule is COc1cccc2c1OCC(C(=O)Nc1ccc(OC(F)(F)F)cc1)=C2.